The van der Waals surface area contributed by atoms with Crippen LogP contribution in [0.25, 0.3) is 0 Å². The normalized spacial score (nSPS) is 25.3. The number of nitrogens with zero attached hydrogens (tertiary/aromatic N) is 3. The summed E-state index contributed by atoms with van der Waals surface area (Å²) in [5.74, 6) is 1.94. The van der Waals surface area contributed by atoms with Gasteiger partial charge in [0.25, 0.3) is 5.91 Å². The summed E-state index contributed by atoms with van der Waals surface area (Å²) < 4.78 is 0. The maximum absolute atomic E-state index is 12.7. The van der Waals surface area contributed by atoms with E-state index in [1.54, 1.807) is 12.3 Å². The third kappa shape index (κ3) is 3.52. The van der Waals surface area contributed by atoms with E-state index in [4.69, 9.17) is 5.73 Å². The van der Waals surface area contributed by atoms with Crippen LogP contribution in [-0.2, 0) is 0 Å². The van der Waals surface area contributed by atoms with Gasteiger partial charge in [0.2, 0.25) is 0 Å². The molecule has 2 atom stereocenters. The number of amides is 1. The Morgan fingerprint density at radius 3 is 2.86 bits per heavy atom. The summed E-state index contributed by atoms with van der Waals surface area (Å²) in [6, 6.07) is 1.87. The largest absolute Gasteiger partial charge is 0.333 e. The molecule has 2 aliphatic rings. The van der Waals surface area contributed by atoms with E-state index in [-0.39, 0.29) is 24.4 Å². The standard InChI is InChI=1S/C15H22N4O.ClH/c1-10-5-7-19(12(8-10)9-16)15(20)13-4-6-17-14(18-13)11-2-3-11;/h4,6,10-12H,2-3,5,7-9,16H2,1H3;1H. The van der Waals surface area contributed by atoms with Gasteiger partial charge in [-0.2, -0.15) is 0 Å². The van der Waals surface area contributed by atoms with Gasteiger partial charge in [0.15, 0.2) is 0 Å². The summed E-state index contributed by atoms with van der Waals surface area (Å²) in [6.07, 6.45) is 6.03. The number of piperidine rings is 1. The SMILES string of the molecule is CC1CCN(C(=O)c2ccnc(C3CC3)n2)C(CN)C1.Cl. The molecular weight excluding hydrogens is 288 g/mol. The van der Waals surface area contributed by atoms with Crippen molar-refractivity contribution in [2.75, 3.05) is 13.1 Å². The van der Waals surface area contributed by atoms with E-state index in [9.17, 15) is 4.79 Å². The topological polar surface area (TPSA) is 72.1 Å². The molecule has 2 fully saturated rings. The van der Waals surface area contributed by atoms with Gasteiger partial charge in [0.1, 0.15) is 11.5 Å². The molecule has 3 rings (SSSR count). The number of nitrogens with two attached hydrogens (primary N) is 1. The van der Waals surface area contributed by atoms with Crippen LogP contribution < -0.4 is 5.73 Å². The van der Waals surface area contributed by atoms with E-state index in [0.29, 0.717) is 24.1 Å². The van der Waals surface area contributed by atoms with Crippen molar-refractivity contribution >= 4 is 18.3 Å². The molecule has 2 heterocycles. The van der Waals surface area contributed by atoms with Gasteiger partial charge >= 0.3 is 0 Å². The molecule has 5 nitrogen and oxygen atoms in total. The minimum absolute atomic E-state index is 0. The highest BCUT2D eigenvalue weighted by molar-refractivity contribution is 5.92. The minimum Gasteiger partial charge on any atom is -0.333 e. The minimum atomic E-state index is 0. The van der Waals surface area contributed by atoms with Crippen LogP contribution in [0.1, 0.15) is 54.8 Å². The van der Waals surface area contributed by atoms with Crippen molar-refractivity contribution in [1.82, 2.24) is 14.9 Å². The number of carbonyl (C=O) groups is 1. The molecule has 1 aliphatic heterocycles. The summed E-state index contributed by atoms with van der Waals surface area (Å²) >= 11 is 0. The molecule has 0 bridgehead atoms. The van der Waals surface area contributed by atoms with Gasteiger partial charge in [0.05, 0.1) is 0 Å². The third-order valence-electron chi connectivity index (χ3n) is 4.35. The highest BCUT2D eigenvalue weighted by Gasteiger charge is 2.31. The Morgan fingerprint density at radius 1 is 1.43 bits per heavy atom. The highest BCUT2D eigenvalue weighted by atomic mass is 35.5. The van der Waals surface area contributed by atoms with Crippen LogP contribution in [-0.4, -0.2) is 39.9 Å². The first-order chi connectivity index (χ1) is 9.69. The maximum Gasteiger partial charge on any atom is 0.272 e. The van der Waals surface area contributed by atoms with Crippen LogP contribution in [0.5, 0.6) is 0 Å². The Kier molecular flexibility index (Phi) is 5.17. The first-order valence-electron chi connectivity index (χ1n) is 7.53. The molecule has 0 spiro atoms. The number of hydrogen-bond acceptors (Lipinski definition) is 4. The predicted molar refractivity (Wildman–Crippen MR) is 83.5 cm³/mol. The summed E-state index contributed by atoms with van der Waals surface area (Å²) in [5, 5.41) is 0. The monoisotopic (exact) mass is 310 g/mol. The first kappa shape index (κ1) is 16.2. The van der Waals surface area contributed by atoms with Crippen LogP contribution >= 0.6 is 12.4 Å². The van der Waals surface area contributed by atoms with Crippen molar-refractivity contribution in [3.05, 3.63) is 23.8 Å². The third-order valence-corrected chi connectivity index (χ3v) is 4.35. The van der Waals surface area contributed by atoms with E-state index in [1.165, 1.54) is 0 Å². The van der Waals surface area contributed by atoms with Gasteiger partial charge < -0.3 is 10.6 Å². The first-order valence-corrected chi connectivity index (χ1v) is 7.53. The van der Waals surface area contributed by atoms with Gasteiger partial charge in [-0.1, -0.05) is 6.92 Å². The van der Waals surface area contributed by atoms with E-state index < -0.39 is 0 Å². The molecule has 1 aromatic heterocycles. The lowest BCUT2D eigenvalue weighted by molar-refractivity contribution is 0.0567. The molecule has 21 heavy (non-hydrogen) atoms. The van der Waals surface area contributed by atoms with E-state index in [2.05, 4.69) is 16.9 Å². The summed E-state index contributed by atoms with van der Waals surface area (Å²) in [6.45, 7) is 3.53. The van der Waals surface area contributed by atoms with E-state index in [1.807, 2.05) is 4.90 Å². The van der Waals surface area contributed by atoms with Crippen molar-refractivity contribution in [2.45, 2.75) is 44.6 Å². The number of likely N-dealkylation sites (tertiary alicyclic amines) is 1. The second-order valence-electron chi connectivity index (χ2n) is 6.09. The molecule has 2 N–H and O–H groups in total. The molecule has 6 heteroatoms. The number of halogens is 1. The van der Waals surface area contributed by atoms with Gasteiger partial charge in [0, 0.05) is 31.2 Å². The second-order valence-corrected chi connectivity index (χ2v) is 6.09. The molecule has 1 aliphatic carbocycles. The predicted octanol–water partition coefficient (Wildman–Crippen LogP) is 1.98. The van der Waals surface area contributed by atoms with Gasteiger partial charge in [-0.3, -0.25) is 4.79 Å². The zero-order valence-corrected chi connectivity index (χ0v) is 13.2. The molecule has 1 saturated heterocycles. The molecule has 1 saturated carbocycles. The van der Waals surface area contributed by atoms with Crippen LogP contribution in [0.3, 0.4) is 0 Å². The van der Waals surface area contributed by atoms with Crippen molar-refractivity contribution in [2.24, 2.45) is 11.7 Å². The van der Waals surface area contributed by atoms with Crippen LogP contribution in [0.2, 0.25) is 0 Å². The van der Waals surface area contributed by atoms with Gasteiger partial charge in [-0.15, -0.1) is 12.4 Å². The number of aromatic nitrogens is 2. The highest BCUT2D eigenvalue weighted by Crippen LogP contribution is 2.37. The van der Waals surface area contributed by atoms with Crippen LogP contribution in [0.15, 0.2) is 12.3 Å². The molecule has 116 valence electrons. The average molecular weight is 311 g/mol. The van der Waals surface area contributed by atoms with Crippen molar-refractivity contribution in [3.8, 4) is 0 Å². The smallest absolute Gasteiger partial charge is 0.272 e. The number of carbonyl (C=O) groups excluding carboxylic acids is 1. The Balaban J connectivity index is 0.00000161. The summed E-state index contributed by atoms with van der Waals surface area (Å²) in [5.41, 5.74) is 6.36. The van der Waals surface area contributed by atoms with Crippen molar-refractivity contribution in [1.29, 1.82) is 0 Å². The Labute approximate surface area is 131 Å². The van der Waals surface area contributed by atoms with E-state index in [0.717, 1.165) is 38.1 Å². The molecule has 1 aromatic rings. The molecule has 0 radical (unpaired) electrons. The average Bonchev–Trinajstić information content (AvgIpc) is 3.31. The molecule has 1 amide bonds. The van der Waals surface area contributed by atoms with Gasteiger partial charge in [-0.05, 0) is 37.7 Å². The Hall–Kier alpha value is -1.20. The van der Waals surface area contributed by atoms with Crippen LogP contribution in [0, 0.1) is 5.92 Å². The Morgan fingerprint density at radius 2 is 2.19 bits per heavy atom. The number of hydrogen-bond donors (Lipinski definition) is 1. The maximum atomic E-state index is 12.7. The molecule has 0 aromatic carbocycles. The fraction of sp³-hybridized carbons (Fsp3) is 0.667. The fourth-order valence-electron chi connectivity index (χ4n) is 2.92. The number of rotatable bonds is 3. The van der Waals surface area contributed by atoms with Gasteiger partial charge in [-0.25, -0.2) is 9.97 Å². The zero-order valence-electron chi connectivity index (χ0n) is 12.4. The lowest BCUT2D eigenvalue weighted by atomic mass is 9.92. The fourth-order valence-corrected chi connectivity index (χ4v) is 2.92. The molecule has 2 unspecified atom stereocenters. The van der Waals surface area contributed by atoms with E-state index >= 15 is 0 Å². The lowest BCUT2D eigenvalue weighted by Gasteiger charge is -2.37. The lowest BCUT2D eigenvalue weighted by Crippen LogP contribution is -2.49. The summed E-state index contributed by atoms with van der Waals surface area (Å²) in [7, 11) is 0. The van der Waals surface area contributed by atoms with Crippen molar-refractivity contribution in [3.63, 3.8) is 0 Å². The second kappa shape index (κ2) is 6.71. The summed E-state index contributed by atoms with van der Waals surface area (Å²) in [4.78, 5) is 23.3. The van der Waals surface area contributed by atoms with Crippen LogP contribution in [0.4, 0.5) is 0 Å². The zero-order chi connectivity index (χ0) is 14.1. The molecular formula is C15H23ClN4O. The van der Waals surface area contributed by atoms with Crippen molar-refractivity contribution < 1.29 is 4.79 Å². The quantitative estimate of drug-likeness (QED) is 0.926. The Bertz CT molecular complexity index is 506.